The van der Waals surface area contributed by atoms with E-state index < -0.39 is 5.97 Å². The monoisotopic (exact) mass is 276 g/mol. The Balaban J connectivity index is 2.22. The predicted octanol–water partition coefficient (Wildman–Crippen LogP) is 2.02. The minimum Gasteiger partial charge on any atom is -0.465 e. The number of anilines is 1. The van der Waals surface area contributed by atoms with Gasteiger partial charge in [0.05, 0.1) is 37.0 Å². The molecule has 2 aromatic heterocycles. The molecule has 0 aliphatic rings. The fourth-order valence-corrected chi connectivity index (χ4v) is 1.57. The van der Waals surface area contributed by atoms with Gasteiger partial charge in [0.1, 0.15) is 0 Å². The number of hydrogen-bond acceptors (Lipinski definition) is 6. The summed E-state index contributed by atoms with van der Waals surface area (Å²) in [6, 6.07) is 1.67. The van der Waals surface area contributed by atoms with Crippen molar-refractivity contribution in [2.24, 2.45) is 0 Å². The van der Waals surface area contributed by atoms with Crippen LogP contribution < -0.4 is 10.5 Å². The average molecular weight is 276 g/mol. The van der Waals surface area contributed by atoms with Gasteiger partial charge >= 0.3 is 5.97 Å². The number of esters is 1. The van der Waals surface area contributed by atoms with Crippen LogP contribution in [0.1, 0.15) is 30.2 Å². The Hall–Kier alpha value is -2.57. The Morgan fingerprint density at radius 3 is 2.75 bits per heavy atom. The number of carbonyl (C=O) groups is 1. The van der Waals surface area contributed by atoms with Gasteiger partial charge in [0.25, 0.3) is 0 Å². The van der Waals surface area contributed by atoms with Crippen LogP contribution in [0.3, 0.4) is 0 Å². The van der Waals surface area contributed by atoms with E-state index in [9.17, 15) is 4.79 Å². The summed E-state index contributed by atoms with van der Waals surface area (Å²) in [6.07, 6.45) is 4.69. The minimum absolute atomic E-state index is 0.216. The van der Waals surface area contributed by atoms with E-state index in [1.54, 1.807) is 17.1 Å². The largest absolute Gasteiger partial charge is 0.465 e. The second kappa shape index (κ2) is 5.60. The summed E-state index contributed by atoms with van der Waals surface area (Å²) < 4.78 is 11.9. The van der Waals surface area contributed by atoms with Crippen molar-refractivity contribution in [3.8, 4) is 11.6 Å². The molecule has 0 atom stereocenters. The molecule has 0 amide bonds. The first-order valence-electron chi connectivity index (χ1n) is 6.07. The smallest absolute Gasteiger partial charge is 0.340 e. The highest BCUT2D eigenvalue weighted by Crippen LogP contribution is 2.23. The lowest BCUT2D eigenvalue weighted by Crippen LogP contribution is -2.06. The van der Waals surface area contributed by atoms with Crippen molar-refractivity contribution in [3.05, 3.63) is 30.2 Å². The van der Waals surface area contributed by atoms with Gasteiger partial charge in [0.2, 0.25) is 5.88 Å². The van der Waals surface area contributed by atoms with Crippen molar-refractivity contribution in [2.75, 3.05) is 12.8 Å². The molecule has 0 aliphatic carbocycles. The molecule has 7 nitrogen and oxygen atoms in total. The summed E-state index contributed by atoms with van der Waals surface area (Å²) in [4.78, 5) is 15.5. The standard InChI is InChI=1S/C13H16N4O3/c1-8(2)17-7-9(5-16-17)20-12-4-10(13(18)19-3)11(14)6-15-12/h4-8H,14H2,1-3H3. The van der Waals surface area contributed by atoms with Gasteiger partial charge in [-0.3, -0.25) is 4.68 Å². The number of aromatic nitrogens is 3. The third-order valence-electron chi connectivity index (χ3n) is 2.64. The van der Waals surface area contributed by atoms with Crippen LogP contribution >= 0.6 is 0 Å². The molecule has 2 rings (SSSR count). The van der Waals surface area contributed by atoms with Gasteiger partial charge in [-0.05, 0) is 13.8 Å². The summed E-state index contributed by atoms with van der Waals surface area (Å²) in [5.74, 6) is 0.252. The van der Waals surface area contributed by atoms with Gasteiger partial charge in [-0.2, -0.15) is 5.10 Å². The van der Waals surface area contributed by atoms with Crippen LogP contribution in [0, 0.1) is 0 Å². The third kappa shape index (κ3) is 2.87. The van der Waals surface area contributed by atoms with Crippen molar-refractivity contribution >= 4 is 11.7 Å². The predicted molar refractivity (Wildman–Crippen MR) is 72.7 cm³/mol. The topological polar surface area (TPSA) is 92.3 Å². The molecule has 0 saturated heterocycles. The van der Waals surface area contributed by atoms with Crippen LogP contribution in [0.2, 0.25) is 0 Å². The van der Waals surface area contributed by atoms with Gasteiger partial charge < -0.3 is 15.2 Å². The maximum absolute atomic E-state index is 11.5. The van der Waals surface area contributed by atoms with Gasteiger partial charge in [-0.1, -0.05) is 0 Å². The van der Waals surface area contributed by atoms with Gasteiger partial charge in [0.15, 0.2) is 5.75 Å². The van der Waals surface area contributed by atoms with Crippen LogP contribution in [-0.2, 0) is 4.74 Å². The number of hydrogen-bond donors (Lipinski definition) is 1. The zero-order chi connectivity index (χ0) is 14.7. The molecule has 0 aliphatic heterocycles. The highest BCUT2D eigenvalue weighted by Gasteiger charge is 2.13. The van der Waals surface area contributed by atoms with E-state index in [1.807, 2.05) is 13.8 Å². The molecule has 0 bridgehead atoms. The Bertz CT molecular complexity index is 622. The molecule has 0 fully saturated rings. The summed E-state index contributed by atoms with van der Waals surface area (Å²) >= 11 is 0. The lowest BCUT2D eigenvalue weighted by atomic mass is 10.2. The van der Waals surface area contributed by atoms with E-state index in [1.165, 1.54) is 19.4 Å². The molecule has 7 heteroatoms. The zero-order valence-electron chi connectivity index (χ0n) is 11.5. The summed E-state index contributed by atoms with van der Waals surface area (Å²) in [7, 11) is 1.29. The molecule has 0 unspecified atom stereocenters. The first-order chi connectivity index (χ1) is 9.51. The molecular weight excluding hydrogens is 260 g/mol. The summed E-state index contributed by atoms with van der Waals surface area (Å²) in [6.45, 7) is 4.02. The van der Waals surface area contributed by atoms with E-state index >= 15 is 0 Å². The Kier molecular flexibility index (Phi) is 3.88. The average Bonchev–Trinajstić information content (AvgIpc) is 2.89. The van der Waals surface area contributed by atoms with Crippen LogP contribution in [0.4, 0.5) is 5.69 Å². The van der Waals surface area contributed by atoms with Crippen molar-refractivity contribution in [3.63, 3.8) is 0 Å². The fourth-order valence-electron chi connectivity index (χ4n) is 1.57. The molecule has 0 saturated carbocycles. The van der Waals surface area contributed by atoms with Crippen molar-refractivity contribution in [1.29, 1.82) is 0 Å². The second-order valence-corrected chi connectivity index (χ2v) is 4.45. The lowest BCUT2D eigenvalue weighted by Gasteiger charge is -2.06. The quantitative estimate of drug-likeness (QED) is 0.859. The van der Waals surface area contributed by atoms with E-state index in [4.69, 9.17) is 10.5 Å². The zero-order valence-corrected chi connectivity index (χ0v) is 11.5. The number of nitrogen functional groups attached to an aromatic ring is 1. The number of nitrogens with zero attached hydrogens (tertiary/aromatic N) is 3. The highest BCUT2D eigenvalue weighted by atomic mass is 16.5. The molecule has 20 heavy (non-hydrogen) atoms. The number of nitrogens with two attached hydrogens (primary N) is 1. The molecular formula is C13H16N4O3. The van der Waals surface area contributed by atoms with E-state index in [0.717, 1.165) is 0 Å². The Labute approximate surface area is 116 Å². The minimum atomic E-state index is -0.535. The van der Waals surface area contributed by atoms with Crippen LogP contribution in [0.5, 0.6) is 11.6 Å². The third-order valence-corrected chi connectivity index (χ3v) is 2.64. The van der Waals surface area contributed by atoms with Crippen LogP contribution in [-0.4, -0.2) is 27.8 Å². The van der Waals surface area contributed by atoms with Crippen molar-refractivity contribution in [2.45, 2.75) is 19.9 Å². The Morgan fingerprint density at radius 2 is 2.15 bits per heavy atom. The van der Waals surface area contributed by atoms with E-state index in [0.29, 0.717) is 5.75 Å². The molecule has 2 aromatic rings. The lowest BCUT2D eigenvalue weighted by molar-refractivity contribution is 0.0601. The maximum Gasteiger partial charge on any atom is 0.340 e. The molecule has 2 heterocycles. The first-order valence-corrected chi connectivity index (χ1v) is 6.07. The fraction of sp³-hybridized carbons (Fsp3) is 0.308. The maximum atomic E-state index is 11.5. The highest BCUT2D eigenvalue weighted by molar-refractivity contribution is 5.95. The van der Waals surface area contributed by atoms with Gasteiger partial charge in [-0.15, -0.1) is 0 Å². The molecule has 0 aromatic carbocycles. The number of ether oxygens (including phenoxy) is 2. The normalized spacial score (nSPS) is 10.6. The summed E-state index contributed by atoms with van der Waals surface area (Å²) in [5.41, 5.74) is 6.12. The first kappa shape index (κ1) is 13.9. The van der Waals surface area contributed by atoms with Crippen LogP contribution in [0.25, 0.3) is 0 Å². The molecule has 106 valence electrons. The Morgan fingerprint density at radius 1 is 1.40 bits per heavy atom. The van der Waals surface area contributed by atoms with Crippen LogP contribution in [0.15, 0.2) is 24.7 Å². The number of methoxy groups -OCH3 is 1. The van der Waals surface area contributed by atoms with Crippen molar-refractivity contribution < 1.29 is 14.3 Å². The molecule has 2 N–H and O–H groups in total. The van der Waals surface area contributed by atoms with Gasteiger partial charge in [-0.25, -0.2) is 9.78 Å². The number of carbonyl (C=O) groups excluding carboxylic acids is 1. The SMILES string of the molecule is COC(=O)c1cc(Oc2cnn(C(C)C)c2)ncc1N. The summed E-state index contributed by atoms with van der Waals surface area (Å²) in [5, 5.41) is 4.15. The second-order valence-electron chi connectivity index (χ2n) is 4.45. The van der Waals surface area contributed by atoms with Gasteiger partial charge in [0, 0.05) is 12.1 Å². The molecule has 0 spiro atoms. The molecule has 0 radical (unpaired) electrons. The number of rotatable bonds is 4. The van der Waals surface area contributed by atoms with E-state index in [2.05, 4.69) is 14.8 Å². The van der Waals surface area contributed by atoms with Crippen molar-refractivity contribution in [1.82, 2.24) is 14.8 Å². The van der Waals surface area contributed by atoms with E-state index in [-0.39, 0.29) is 23.2 Å². The number of pyridine rings is 1.